The van der Waals surface area contributed by atoms with Crippen LogP contribution in [0, 0.1) is 0 Å². The quantitative estimate of drug-likeness (QED) is 0.359. The number of para-hydroxylation sites is 1. The van der Waals surface area contributed by atoms with Gasteiger partial charge in [-0.15, -0.1) is 0 Å². The van der Waals surface area contributed by atoms with Crippen molar-refractivity contribution in [3.63, 3.8) is 0 Å². The van der Waals surface area contributed by atoms with E-state index in [-0.39, 0.29) is 12.0 Å². The zero-order valence-electron chi connectivity index (χ0n) is 20.5. The van der Waals surface area contributed by atoms with Gasteiger partial charge in [0.1, 0.15) is 5.75 Å². The van der Waals surface area contributed by atoms with Crippen LogP contribution in [0.4, 0.5) is 23.0 Å². The van der Waals surface area contributed by atoms with Crippen LogP contribution in [-0.4, -0.2) is 53.9 Å². The first kappa shape index (κ1) is 23.4. The molecule has 4 aromatic rings. The van der Waals surface area contributed by atoms with Gasteiger partial charge < -0.3 is 29.6 Å². The molecule has 0 saturated carbocycles. The number of amides is 1. The molecule has 1 saturated heterocycles. The van der Waals surface area contributed by atoms with Crippen molar-refractivity contribution in [1.82, 2.24) is 14.5 Å². The SMILES string of the molecule is C=CC(=O)Nc1cc(Nc2nccc(-c3cn(C)c4ccccc34)n2)c(OC)cc1N1CC(OC)C1. The van der Waals surface area contributed by atoms with E-state index in [4.69, 9.17) is 14.5 Å². The minimum Gasteiger partial charge on any atom is -0.494 e. The number of nitrogens with one attached hydrogen (secondary N) is 2. The summed E-state index contributed by atoms with van der Waals surface area (Å²) < 4.78 is 13.2. The molecule has 9 heteroatoms. The van der Waals surface area contributed by atoms with E-state index in [2.05, 4.69) is 50.0 Å². The monoisotopic (exact) mass is 484 g/mol. The van der Waals surface area contributed by atoms with Gasteiger partial charge >= 0.3 is 0 Å². The van der Waals surface area contributed by atoms with Crippen molar-refractivity contribution in [2.75, 3.05) is 42.8 Å². The number of ether oxygens (including phenoxy) is 2. The zero-order valence-corrected chi connectivity index (χ0v) is 20.5. The van der Waals surface area contributed by atoms with E-state index in [1.165, 1.54) is 6.08 Å². The lowest BCUT2D eigenvalue weighted by atomic mass is 10.1. The highest BCUT2D eigenvalue weighted by atomic mass is 16.5. The summed E-state index contributed by atoms with van der Waals surface area (Å²) in [5, 5.41) is 7.28. The molecule has 5 rings (SSSR count). The Hall–Kier alpha value is -4.37. The van der Waals surface area contributed by atoms with Crippen LogP contribution in [0.25, 0.3) is 22.2 Å². The number of nitrogens with zero attached hydrogens (tertiary/aromatic N) is 4. The van der Waals surface area contributed by atoms with E-state index < -0.39 is 0 Å². The standard InChI is InChI=1S/C27H28N6O3/c1-5-26(34)29-21-12-22(25(36-4)13-24(21)33-14-17(15-33)35-3)31-27-28-11-10-20(30-27)19-16-32(2)23-9-7-6-8-18(19)23/h5-13,16-17H,1,14-15H2,2-4H3,(H,29,34)(H,28,30,31). The van der Waals surface area contributed by atoms with Crippen LogP contribution < -0.4 is 20.3 Å². The maximum Gasteiger partial charge on any atom is 0.247 e. The zero-order chi connectivity index (χ0) is 25.2. The lowest BCUT2D eigenvalue weighted by Crippen LogP contribution is -2.52. The van der Waals surface area contributed by atoms with E-state index in [1.54, 1.807) is 20.4 Å². The Morgan fingerprint density at radius 2 is 1.97 bits per heavy atom. The Labute approximate surface area is 209 Å². The van der Waals surface area contributed by atoms with E-state index in [1.807, 2.05) is 37.4 Å². The number of methoxy groups -OCH3 is 2. The molecule has 1 amide bonds. The Morgan fingerprint density at radius 3 is 2.72 bits per heavy atom. The highest BCUT2D eigenvalue weighted by molar-refractivity contribution is 6.02. The molecule has 2 N–H and O–H groups in total. The number of fused-ring (bicyclic) bond motifs is 1. The third-order valence-electron chi connectivity index (χ3n) is 6.36. The van der Waals surface area contributed by atoms with Gasteiger partial charge in [0.15, 0.2) is 0 Å². The second-order valence-electron chi connectivity index (χ2n) is 8.59. The molecule has 0 unspecified atom stereocenters. The number of hydrogen-bond donors (Lipinski definition) is 2. The number of aromatic nitrogens is 3. The van der Waals surface area contributed by atoms with Crippen molar-refractivity contribution in [1.29, 1.82) is 0 Å². The number of rotatable bonds is 8. The Bertz CT molecular complexity index is 1440. The summed E-state index contributed by atoms with van der Waals surface area (Å²) in [6.07, 6.45) is 5.18. The van der Waals surface area contributed by atoms with Crippen LogP contribution in [0.1, 0.15) is 0 Å². The Kier molecular flexibility index (Phi) is 6.30. The predicted octanol–water partition coefficient (Wildman–Crippen LogP) is 4.35. The van der Waals surface area contributed by atoms with Crippen molar-refractivity contribution < 1.29 is 14.3 Å². The van der Waals surface area contributed by atoms with Crippen LogP contribution in [0.15, 0.2) is 67.5 Å². The highest BCUT2D eigenvalue weighted by Crippen LogP contribution is 2.40. The van der Waals surface area contributed by atoms with Crippen LogP contribution >= 0.6 is 0 Å². The van der Waals surface area contributed by atoms with Gasteiger partial charge in [0, 0.05) is 62.2 Å². The van der Waals surface area contributed by atoms with Crippen LogP contribution in [0.2, 0.25) is 0 Å². The lowest BCUT2D eigenvalue weighted by Gasteiger charge is -2.41. The van der Waals surface area contributed by atoms with Gasteiger partial charge in [-0.2, -0.15) is 0 Å². The maximum atomic E-state index is 12.2. The lowest BCUT2D eigenvalue weighted by molar-refractivity contribution is -0.111. The molecule has 0 aliphatic carbocycles. The van der Waals surface area contributed by atoms with Crippen LogP contribution in [-0.2, 0) is 16.6 Å². The number of carbonyl (C=O) groups excluding carboxylic acids is 1. The number of benzene rings is 2. The van der Waals surface area contributed by atoms with Crippen molar-refractivity contribution in [2.45, 2.75) is 6.10 Å². The van der Waals surface area contributed by atoms with E-state index in [9.17, 15) is 4.79 Å². The van der Waals surface area contributed by atoms with Gasteiger partial charge in [0.2, 0.25) is 11.9 Å². The van der Waals surface area contributed by atoms with Crippen LogP contribution in [0.5, 0.6) is 5.75 Å². The fourth-order valence-electron chi connectivity index (χ4n) is 4.40. The number of hydrogen-bond acceptors (Lipinski definition) is 7. The molecule has 3 heterocycles. The minimum atomic E-state index is -0.301. The van der Waals surface area contributed by atoms with Crippen molar-refractivity contribution in [3.8, 4) is 17.0 Å². The van der Waals surface area contributed by atoms with Gasteiger partial charge in [0.25, 0.3) is 0 Å². The van der Waals surface area contributed by atoms with Gasteiger partial charge in [-0.1, -0.05) is 24.8 Å². The summed E-state index contributed by atoms with van der Waals surface area (Å²) in [5.74, 6) is 0.711. The van der Waals surface area contributed by atoms with Gasteiger partial charge in [-0.25, -0.2) is 9.97 Å². The first-order chi connectivity index (χ1) is 17.5. The molecular formula is C27H28N6O3. The molecule has 36 heavy (non-hydrogen) atoms. The number of anilines is 4. The molecule has 1 fully saturated rings. The topological polar surface area (TPSA) is 93.5 Å². The van der Waals surface area contributed by atoms with Crippen LogP contribution in [0.3, 0.4) is 0 Å². The second kappa shape index (κ2) is 9.71. The maximum absolute atomic E-state index is 12.2. The van der Waals surface area contributed by atoms with Crippen molar-refractivity contribution >= 4 is 39.8 Å². The average Bonchev–Trinajstić information content (AvgIpc) is 3.21. The summed E-state index contributed by atoms with van der Waals surface area (Å²) in [7, 11) is 5.32. The summed E-state index contributed by atoms with van der Waals surface area (Å²) in [6.45, 7) is 5.01. The summed E-state index contributed by atoms with van der Waals surface area (Å²) >= 11 is 0. The number of carbonyl (C=O) groups is 1. The van der Waals surface area contributed by atoms with Gasteiger partial charge in [0.05, 0.1) is 36.0 Å². The number of aryl methyl sites for hydroxylation is 1. The molecule has 1 aliphatic rings. The summed E-state index contributed by atoms with van der Waals surface area (Å²) in [6, 6.07) is 13.8. The third kappa shape index (κ3) is 4.36. The molecule has 2 aromatic heterocycles. The largest absolute Gasteiger partial charge is 0.494 e. The molecule has 0 atom stereocenters. The molecule has 2 aromatic carbocycles. The van der Waals surface area contributed by atoms with Gasteiger partial charge in [-0.3, -0.25) is 4.79 Å². The fraction of sp³-hybridized carbons (Fsp3) is 0.222. The molecule has 1 aliphatic heterocycles. The van der Waals surface area contributed by atoms with Crippen molar-refractivity contribution in [2.24, 2.45) is 7.05 Å². The van der Waals surface area contributed by atoms with E-state index >= 15 is 0 Å². The normalized spacial score (nSPS) is 13.4. The highest BCUT2D eigenvalue weighted by Gasteiger charge is 2.29. The van der Waals surface area contributed by atoms with Crippen molar-refractivity contribution in [3.05, 3.63) is 67.5 Å². The fourth-order valence-corrected chi connectivity index (χ4v) is 4.40. The molecular weight excluding hydrogens is 456 g/mol. The third-order valence-corrected chi connectivity index (χ3v) is 6.36. The minimum absolute atomic E-state index is 0.155. The first-order valence-electron chi connectivity index (χ1n) is 11.6. The summed E-state index contributed by atoms with van der Waals surface area (Å²) in [4.78, 5) is 23.5. The predicted molar refractivity (Wildman–Crippen MR) is 142 cm³/mol. The molecule has 0 bridgehead atoms. The van der Waals surface area contributed by atoms with E-state index in [0.29, 0.717) is 23.1 Å². The molecule has 9 nitrogen and oxygen atoms in total. The molecule has 0 spiro atoms. The average molecular weight is 485 g/mol. The van der Waals surface area contributed by atoms with E-state index in [0.717, 1.165) is 40.9 Å². The smallest absolute Gasteiger partial charge is 0.247 e. The molecule has 184 valence electrons. The molecule has 0 radical (unpaired) electrons. The second-order valence-corrected chi connectivity index (χ2v) is 8.59. The first-order valence-corrected chi connectivity index (χ1v) is 11.6. The Morgan fingerprint density at radius 1 is 1.17 bits per heavy atom. The Balaban J connectivity index is 1.50. The summed E-state index contributed by atoms with van der Waals surface area (Å²) in [5.41, 5.74) is 5.03. The van der Waals surface area contributed by atoms with Gasteiger partial charge in [-0.05, 0) is 24.3 Å².